The number of Topliss-reactive ketones (excluding diaryl/α,β-unsaturated/α-hetero) is 1. The number of benzene rings is 2. The van der Waals surface area contributed by atoms with Crippen molar-refractivity contribution in [2.75, 3.05) is 11.5 Å². The van der Waals surface area contributed by atoms with Gasteiger partial charge in [0.1, 0.15) is 0 Å². The Morgan fingerprint density at radius 1 is 0.879 bits per heavy atom. The molecule has 1 saturated heterocycles. The molecule has 2 aliphatic carbocycles. The number of esters is 1. The molecule has 0 unspecified atom stereocenters. The van der Waals surface area contributed by atoms with E-state index in [0.717, 1.165) is 12.0 Å². The van der Waals surface area contributed by atoms with Crippen molar-refractivity contribution in [2.45, 2.75) is 23.0 Å². The van der Waals surface area contributed by atoms with Crippen LogP contribution in [0.1, 0.15) is 32.7 Å². The first-order valence-corrected chi connectivity index (χ1v) is 12.6. The Kier molecular flexibility index (Phi) is 5.77. The minimum Gasteiger partial charge on any atom is -0.454 e. The monoisotopic (exact) mass is 573 g/mol. The highest BCUT2D eigenvalue weighted by Crippen LogP contribution is 2.60. The Hall–Kier alpha value is -2.32. The van der Waals surface area contributed by atoms with Crippen LogP contribution in [-0.2, 0) is 14.3 Å². The van der Waals surface area contributed by atoms with Gasteiger partial charge in [0.05, 0.1) is 23.1 Å². The fourth-order valence-electron chi connectivity index (χ4n) is 5.39. The van der Waals surface area contributed by atoms with E-state index in [0.29, 0.717) is 11.3 Å². The number of amides is 2. The van der Waals surface area contributed by atoms with Crippen molar-refractivity contribution in [1.29, 1.82) is 0 Å². The van der Waals surface area contributed by atoms with Crippen molar-refractivity contribution in [3.05, 3.63) is 65.2 Å². The first-order valence-electron chi connectivity index (χ1n) is 10.8. The van der Waals surface area contributed by atoms with Crippen LogP contribution in [0.25, 0.3) is 0 Å². The second-order valence-corrected chi connectivity index (χ2v) is 11.0. The van der Waals surface area contributed by atoms with Crippen LogP contribution in [0.4, 0.5) is 5.69 Å². The van der Waals surface area contributed by atoms with Crippen LogP contribution < -0.4 is 4.90 Å². The largest absolute Gasteiger partial charge is 0.454 e. The third-order valence-corrected chi connectivity index (χ3v) is 10.3. The molecule has 0 N–H and O–H groups in total. The van der Waals surface area contributed by atoms with Crippen molar-refractivity contribution < 1.29 is 23.9 Å². The summed E-state index contributed by atoms with van der Waals surface area (Å²) in [6.45, 7) is 1.56. The van der Waals surface area contributed by atoms with E-state index in [2.05, 4.69) is 31.9 Å². The second-order valence-electron chi connectivity index (χ2n) is 8.93. The number of nitrogens with zero attached hydrogens (tertiary/aromatic N) is 1. The van der Waals surface area contributed by atoms with Crippen LogP contribution in [0.3, 0.4) is 0 Å². The smallest absolute Gasteiger partial charge is 0.338 e. The number of carbonyl (C=O) groups excluding carboxylic acids is 4. The van der Waals surface area contributed by atoms with Crippen molar-refractivity contribution in [1.82, 2.24) is 0 Å². The maximum Gasteiger partial charge on any atom is 0.338 e. The van der Waals surface area contributed by atoms with Gasteiger partial charge in [0.2, 0.25) is 11.8 Å². The number of rotatable bonds is 5. The predicted molar refractivity (Wildman–Crippen MR) is 129 cm³/mol. The van der Waals surface area contributed by atoms with Gasteiger partial charge in [0.15, 0.2) is 12.4 Å². The average Bonchev–Trinajstić information content (AvgIpc) is 3.42. The van der Waals surface area contributed by atoms with Crippen molar-refractivity contribution >= 4 is 61.1 Å². The highest BCUT2D eigenvalue weighted by molar-refractivity contribution is 9.12. The van der Waals surface area contributed by atoms with Gasteiger partial charge in [0, 0.05) is 15.2 Å². The van der Waals surface area contributed by atoms with Crippen LogP contribution in [0, 0.1) is 30.6 Å². The molecule has 2 aromatic rings. The molecule has 6 atom stereocenters. The van der Waals surface area contributed by atoms with Crippen LogP contribution in [0.5, 0.6) is 0 Å². The molecule has 2 bridgehead atoms. The molecule has 8 heteroatoms. The van der Waals surface area contributed by atoms with Gasteiger partial charge in [-0.2, -0.15) is 0 Å². The lowest BCUT2D eigenvalue weighted by Crippen LogP contribution is -2.37. The number of imide groups is 1. The fourth-order valence-corrected chi connectivity index (χ4v) is 7.26. The van der Waals surface area contributed by atoms with Crippen molar-refractivity contribution in [2.24, 2.45) is 23.7 Å². The molecule has 33 heavy (non-hydrogen) atoms. The van der Waals surface area contributed by atoms with Gasteiger partial charge in [-0.15, -0.1) is 0 Å². The molecule has 3 fully saturated rings. The molecule has 0 radical (unpaired) electrons. The van der Waals surface area contributed by atoms with Crippen LogP contribution in [0.2, 0.25) is 0 Å². The molecule has 2 amide bonds. The predicted octanol–water partition coefficient (Wildman–Crippen LogP) is 4.32. The van der Waals surface area contributed by atoms with Crippen LogP contribution in [-0.4, -0.2) is 39.8 Å². The lowest BCUT2D eigenvalue weighted by Gasteiger charge is -2.28. The summed E-state index contributed by atoms with van der Waals surface area (Å²) in [4.78, 5) is 52.5. The first kappa shape index (κ1) is 22.5. The number of hydrogen-bond donors (Lipinski definition) is 0. The number of carbonyl (C=O) groups is 4. The molecular formula is C25H21Br2NO5. The third kappa shape index (κ3) is 3.67. The maximum absolute atomic E-state index is 13.1. The van der Waals surface area contributed by atoms with Gasteiger partial charge < -0.3 is 4.74 Å². The summed E-state index contributed by atoms with van der Waals surface area (Å²) >= 11 is 7.37. The number of hydrogen-bond acceptors (Lipinski definition) is 5. The summed E-state index contributed by atoms with van der Waals surface area (Å²) in [7, 11) is 0. The topological polar surface area (TPSA) is 80.8 Å². The summed E-state index contributed by atoms with van der Waals surface area (Å²) in [6.07, 6.45) is 0.874. The molecule has 0 spiro atoms. The molecule has 2 saturated carbocycles. The Labute approximate surface area is 207 Å². The number of alkyl halides is 2. The van der Waals surface area contributed by atoms with Gasteiger partial charge in [-0.05, 0) is 49.4 Å². The minimum absolute atomic E-state index is 0.145. The molecule has 2 aromatic carbocycles. The normalized spacial score (nSPS) is 30.0. The van der Waals surface area contributed by atoms with Crippen LogP contribution >= 0.6 is 31.9 Å². The van der Waals surface area contributed by atoms with Gasteiger partial charge in [-0.3, -0.25) is 19.3 Å². The summed E-state index contributed by atoms with van der Waals surface area (Å²) in [5.41, 5.74) is 2.21. The quantitative estimate of drug-likeness (QED) is 0.230. The number of aryl methyl sites for hydroxylation is 1. The molecule has 5 rings (SSSR count). The standard InChI is InChI=1S/C25H21Br2NO5/c1-12-2-4-13(5-3-12)18(29)11-33-25(32)14-6-8-15(9-7-14)28-23(30)19-16-10-17(20(19)24(28)31)22(27)21(16)26/h2-9,16-17,19-22H,10-11H2,1H3/t16-,17-,19-,20+,21-,22+/m0/s1. The average molecular weight is 575 g/mol. The Morgan fingerprint density at radius 3 is 1.94 bits per heavy atom. The zero-order valence-electron chi connectivity index (χ0n) is 17.7. The third-order valence-electron chi connectivity index (χ3n) is 7.06. The summed E-state index contributed by atoms with van der Waals surface area (Å²) in [5, 5.41) is 0. The van der Waals surface area contributed by atoms with Crippen molar-refractivity contribution in [3.63, 3.8) is 0 Å². The fraction of sp³-hybridized carbons (Fsp3) is 0.360. The Morgan fingerprint density at radius 2 is 1.39 bits per heavy atom. The maximum atomic E-state index is 13.1. The van der Waals surface area contributed by atoms with E-state index in [-0.39, 0.29) is 63.1 Å². The van der Waals surface area contributed by atoms with Crippen molar-refractivity contribution in [3.8, 4) is 0 Å². The lowest BCUT2D eigenvalue weighted by atomic mass is 9.81. The van der Waals surface area contributed by atoms with E-state index < -0.39 is 5.97 Å². The molecule has 3 aliphatic rings. The minimum atomic E-state index is -0.639. The molecule has 1 heterocycles. The second kappa shape index (κ2) is 8.47. The van der Waals surface area contributed by atoms with E-state index in [1.165, 1.54) is 17.0 Å². The number of ether oxygens (including phenoxy) is 1. The molecule has 1 aliphatic heterocycles. The highest BCUT2D eigenvalue weighted by atomic mass is 79.9. The molecule has 170 valence electrons. The molecule has 0 aromatic heterocycles. The summed E-state index contributed by atoms with van der Waals surface area (Å²) < 4.78 is 5.16. The van der Waals surface area contributed by atoms with Gasteiger partial charge in [-0.1, -0.05) is 61.7 Å². The van der Waals surface area contributed by atoms with Gasteiger partial charge in [-0.25, -0.2) is 4.79 Å². The molecular weight excluding hydrogens is 554 g/mol. The number of ketones is 1. The van der Waals surface area contributed by atoms with Crippen LogP contribution in [0.15, 0.2) is 48.5 Å². The summed E-state index contributed by atoms with van der Waals surface area (Å²) in [5.74, 6) is -1.56. The van der Waals surface area contributed by atoms with E-state index in [4.69, 9.17) is 4.74 Å². The SMILES string of the molecule is Cc1ccc(C(=O)COC(=O)c2ccc(N3C(=O)[C@@H]4[C@@H]5C[C@H]([C@H](Br)[C@@H]5Br)[C@@H]4C3=O)cc2)cc1. The van der Waals surface area contributed by atoms with E-state index in [9.17, 15) is 19.2 Å². The number of fused-ring (bicyclic) bond motifs is 5. The molecule has 6 nitrogen and oxygen atoms in total. The highest BCUT2D eigenvalue weighted by Gasteiger charge is 2.66. The first-order chi connectivity index (χ1) is 15.8. The number of halogens is 2. The zero-order chi connectivity index (χ0) is 23.4. The van der Waals surface area contributed by atoms with E-state index >= 15 is 0 Å². The van der Waals surface area contributed by atoms with E-state index in [1.54, 1.807) is 24.3 Å². The van der Waals surface area contributed by atoms with Gasteiger partial charge >= 0.3 is 5.97 Å². The number of anilines is 1. The lowest BCUT2D eigenvalue weighted by molar-refractivity contribution is -0.123. The Bertz CT molecular complexity index is 1110. The zero-order valence-corrected chi connectivity index (χ0v) is 20.9. The van der Waals surface area contributed by atoms with E-state index in [1.807, 2.05) is 19.1 Å². The Balaban J connectivity index is 1.26. The van der Waals surface area contributed by atoms with Gasteiger partial charge in [0.25, 0.3) is 0 Å². The summed E-state index contributed by atoms with van der Waals surface area (Å²) in [6, 6.07) is 13.2.